The summed E-state index contributed by atoms with van der Waals surface area (Å²) in [5, 5.41) is -0.255. The summed E-state index contributed by atoms with van der Waals surface area (Å²) in [6.45, 7) is 2.26. The summed E-state index contributed by atoms with van der Waals surface area (Å²) in [6, 6.07) is 5.39. The van der Waals surface area contributed by atoms with E-state index in [9.17, 15) is 9.59 Å². The molecule has 1 aliphatic heterocycles. The number of ether oxygens (including phenoxy) is 1. The molecular weight excluding hydrogens is 354 g/mol. The fourth-order valence-electron chi connectivity index (χ4n) is 1.80. The predicted octanol–water partition coefficient (Wildman–Crippen LogP) is 3.52. The Morgan fingerprint density at radius 1 is 1.48 bits per heavy atom. The van der Waals surface area contributed by atoms with Crippen LogP contribution in [0.25, 0.3) is 6.08 Å². The third-order valence-electron chi connectivity index (χ3n) is 2.76. The van der Waals surface area contributed by atoms with E-state index in [0.717, 1.165) is 16.2 Å². The Labute approximate surface area is 135 Å². The quantitative estimate of drug-likeness (QED) is 0.604. The van der Waals surface area contributed by atoms with E-state index >= 15 is 0 Å². The highest BCUT2D eigenvalue weighted by atomic mass is 79.9. The van der Waals surface area contributed by atoms with Gasteiger partial charge in [0.15, 0.2) is 0 Å². The molecule has 2 rings (SSSR count). The Hall–Kier alpha value is -1.71. The van der Waals surface area contributed by atoms with Crippen LogP contribution in [0.1, 0.15) is 12.5 Å². The summed E-state index contributed by atoms with van der Waals surface area (Å²) in [6.07, 6.45) is 6.84. The summed E-state index contributed by atoms with van der Waals surface area (Å²) < 4.78 is 6.29. The minimum Gasteiger partial charge on any atom is -0.480 e. The van der Waals surface area contributed by atoms with Gasteiger partial charge in [-0.2, -0.15) is 0 Å². The molecule has 1 aliphatic rings. The molecule has 0 bridgehead atoms. The molecule has 4 nitrogen and oxygen atoms in total. The number of benzene rings is 1. The molecule has 21 heavy (non-hydrogen) atoms. The van der Waals surface area contributed by atoms with Gasteiger partial charge < -0.3 is 4.74 Å². The van der Waals surface area contributed by atoms with Crippen molar-refractivity contribution in [2.75, 3.05) is 13.2 Å². The summed E-state index contributed by atoms with van der Waals surface area (Å²) >= 11 is 4.30. The van der Waals surface area contributed by atoms with Gasteiger partial charge in [0.1, 0.15) is 12.4 Å². The van der Waals surface area contributed by atoms with E-state index in [0.29, 0.717) is 22.8 Å². The van der Waals surface area contributed by atoms with Crippen LogP contribution >= 0.6 is 27.7 Å². The van der Waals surface area contributed by atoms with Crippen molar-refractivity contribution in [3.63, 3.8) is 0 Å². The monoisotopic (exact) mass is 365 g/mol. The number of nitrogens with zero attached hydrogens (tertiary/aromatic N) is 1. The Morgan fingerprint density at radius 3 is 2.86 bits per heavy atom. The maximum atomic E-state index is 12.1. The van der Waals surface area contributed by atoms with Crippen molar-refractivity contribution in [2.24, 2.45) is 0 Å². The van der Waals surface area contributed by atoms with Crippen molar-refractivity contribution < 1.29 is 14.3 Å². The molecule has 1 aromatic rings. The van der Waals surface area contributed by atoms with Crippen molar-refractivity contribution in [2.45, 2.75) is 6.92 Å². The zero-order valence-electron chi connectivity index (χ0n) is 11.3. The van der Waals surface area contributed by atoms with Crippen molar-refractivity contribution in [1.82, 2.24) is 4.90 Å². The Kier molecular flexibility index (Phi) is 5.10. The van der Waals surface area contributed by atoms with Gasteiger partial charge in [-0.15, -0.1) is 6.42 Å². The van der Waals surface area contributed by atoms with Crippen molar-refractivity contribution in [1.29, 1.82) is 0 Å². The normalized spacial score (nSPS) is 16.4. The highest BCUT2D eigenvalue weighted by Gasteiger charge is 2.33. The van der Waals surface area contributed by atoms with Gasteiger partial charge in [0.2, 0.25) is 0 Å². The van der Waals surface area contributed by atoms with Crippen LogP contribution in [0.3, 0.4) is 0 Å². The first kappa shape index (κ1) is 15.7. The van der Waals surface area contributed by atoms with Crippen molar-refractivity contribution >= 4 is 44.9 Å². The number of halogens is 1. The molecular formula is C15H12BrNO3S. The Balaban J connectivity index is 2.36. The second-order valence-corrected chi connectivity index (χ2v) is 6.01. The molecule has 1 saturated heterocycles. The van der Waals surface area contributed by atoms with E-state index in [2.05, 4.69) is 21.9 Å². The maximum Gasteiger partial charge on any atom is 0.293 e. The highest BCUT2D eigenvalue weighted by molar-refractivity contribution is 9.10. The van der Waals surface area contributed by atoms with Crippen LogP contribution in [0.4, 0.5) is 4.79 Å². The lowest BCUT2D eigenvalue weighted by Crippen LogP contribution is -2.27. The van der Waals surface area contributed by atoms with Gasteiger partial charge in [-0.1, -0.05) is 21.9 Å². The minimum atomic E-state index is -0.282. The van der Waals surface area contributed by atoms with Gasteiger partial charge in [-0.05, 0) is 43.0 Å². The fraction of sp³-hybridized carbons (Fsp3) is 0.200. The van der Waals surface area contributed by atoms with Crippen LogP contribution in [0.5, 0.6) is 5.75 Å². The number of hydrogen-bond donors (Lipinski definition) is 0. The van der Waals surface area contributed by atoms with E-state index < -0.39 is 0 Å². The molecule has 1 aromatic carbocycles. The van der Waals surface area contributed by atoms with Gasteiger partial charge in [-0.3, -0.25) is 14.5 Å². The standard InChI is InChI=1S/C15H12BrNO3S/c1-3-7-20-12-6-5-11(16)8-10(12)9-13-14(18)17(4-2)15(19)21-13/h1,5-6,8-9H,4,7H2,2H3/b13-9+. The first-order valence-electron chi connectivity index (χ1n) is 6.18. The van der Waals surface area contributed by atoms with E-state index in [-0.39, 0.29) is 17.8 Å². The molecule has 0 saturated carbocycles. The third kappa shape index (κ3) is 3.49. The van der Waals surface area contributed by atoms with E-state index in [1.54, 1.807) is 19.1 Å². The lowest BCUT2D eigenvalue weighted by atomic mass is 10.2. The topological polar surface area (TPSA) is 46.6 Å². The van der Waals surface area contributed by atoms with E-state index in [1.165, 1.54) is 4.90 Å². The lowest BCUT2D eigenvalue weighted by molar-refractivity contribution is -0.122. The molecule has 0 N–H and O–H groups in total. The fourth-order valence-corrected chi connectivity index (χ4v) is 3.07. The number of rotatable bonds is 4. The second-order valence-electron chi connectivity index (χ2n) is 4.10. The van der Waals surface area contributed by atoms with E-state index in [1.807, 2.05) is 12.1 Å². The first-order valence-corrected chi connectivity index (χ1v) is 7.79. The van der Waals surface area contributed by atoms with Crippen LogP contribution in [-0.2, 0) is 4.79 Å². The summed E-state index contributed by atoms with van der Waals surface area (Å²) in [5.74, 6) is 2.68. The summed E-state index contributed by atoms with van der Waals surface area (Å²) in [7, 11) is 0. The van der Waals surface area contributed by atoms with Gasteiger partial charge >= 0.3 is 0 Å². The lowest BCUT2D eigenvalue weighted by Gasteiger charge is -2.08. The highest BCUT2D eigenvalue weighted by Crippen LogP contribution is 2.34. The van der Waals surface area contributed by atoms with Gasteiger partial charge in [0, 0.05) is 16.6 Å². The number of hydrogen-bond acceptors (Lipinski definition) is 4. The SMILES string of the molecule is C#CCOc1ccc(Br)cc1/C=C1/SC(=O)N(CC)C1=O. The number of terminal acetylenes is 1. The number of thioether (sulfide) groups is 1. The molecule has 1 fully saturated rings. The summed E-state index contributed by atoms with van der Waals surface area (Å²) in [5.41, 5.74) is 0.696. The summed E-state index contributed by atoms with van der Waals surface area (Å²) in [4.78, 5) is 25.4. The van der Waals surface area contributed by atoms with Crippen LogP contribution < -0.4 is 4.74 Å². The molecule has 0 atom stereocenters. The smallest absolute Gasteiger partial charge is 0.293 e. The number of likely N-dealkylation sites (N-methyl/N-ethyl adjacent to an activating group) is 1. The minimum absolute atomic E-state index is 0.138. The Bertz CT molecular complexity index is 663. The molecule has 0 unspecified atom stereocenters. The molecule has 0 aromatic heterocycles. The van der Waals surface area contributed by atoms with Gasteiger partial charge in [-0.25, -0.2) is 0 Å². The number of carbonyl (C=O) groups is 2. The van der Waals surface area contributed by atoms with Crippen molar-refractivity contribution in [3.8, 4) is 18.1 Å². The molecule has 2 amide bonds. The molecule has 1 heterocycles. The zero-order chi connectivity index (χ0) is 15.4. The predicted molar refractivity (Wildman–Crippen MR) is 86.8 cm³/mol. The third-order valence-corrected chi connectivity index (χ3v) is 4.16. The van der Waals surface area contributed by atoms with Crippen LogP contribution in [0.2, 0.25) is 0 Å². The largest absolute Gasteiger partial charge is 0.480 e. The van der Waals surface area contributed by atoms with Crippen LogP contribution in [0.15, 0.2) is 27.6 Å². The molecule has 0 spiro atoms. The number of imide groups is 1. The Morgan fingerprint density at radius 2 is 2.24 bits per heavy atom. The van der Waals surface area contributed by atoms with Crippen LogP contribution in [0, 0.1) is 12.3 Å². The zero-order valence-corrected chi connectivity index (χ0v) is 13.7. The number of carbonyl (C=O) groups excluding carboxylic acids is 2. The number of amides is 2. The first-order chi connectivity index (χ1) is 10.1. The molecule has 6 heteroatoms. The molecule has 0 radical (unpaired) electrons. The molecule has 108 valence electrons. The van der Waals surface area contributed by atoms with Crippen LogP contribution in [-0.4, -0.2) is 29.2 Å². The van der Waals surface area contributed by atoms with Crippen molar-refractivity contribution in [3.05, 3.63) is 33.1 Å². The molecule has 0 aliphatic carbocycles. The van der Waals surface area contributed by atoms with Gasteiger partial charge in [0.05, 0.1) is 4.91 Å². The average molecular weight is 366 g/mol. The maximum absolute atomic E-state index is 12.1. The second kappa shape index (κ2) is 6.83. The van der Waals surface area contributed by atoms with E-state index in [4.69, 9.17) is 11.2 Å². The van der Waals surface area contributed by atoms with Gasteiger partial charge in [0.25, 0.3) is 11.1 Å². The average Bonchev–Trinajstić information content (AvgIpc) is 2.72.